The average Bonchev–Trinajstić information content (AvgIpc) is 2.93. The summed E-state index contributed by atoms with van der Waals surface area (Å²) < 4.78 is 0. The minimum atomic E-state index is 0.168. The lowest BCUT2D eigenvalue weighted by Crippen LogP contribution is -2.12. The van der Waals surface area contributed by atoms with E-state index < -0.39 is 0 Å². The molecule has 1 aliphatic rings. The molecule has 1 aromatic carbocycles. The molecular formula is C12H16ClN. The highest BCUT2D eigenvalue weighted by Crippen LogP contribution is 2.37. The van der Waals surface area contributed by atoms with Crippen LogP contribution in [0.25, 0.3) is 0 Å². The first-order valence-corrected chi connectivity index (χ1v) is 5.56. The van der Waals surface area contributed by atoms with Crippen molar-refractivity contribution in [1.29, 1.82) is 0 Å². The molecule has 0 amide bonds. The smallest absolute Gasteiger partial charge is 0.0409 e. The van der Waals surface area contributed by atoms with Crippen LogP contribution >= 0.6 is 11.6 Å². The topological polar surface area (TPSA) is 26.0 Å². The summed E-state index contributed by atoms with van der Waals surface area (Å²) in [5.74, 6) is 0.864. The first kappa shape index (κ1) is 10.0. The number of hydrogen-bond acceptors (Lipinski definition) is 1. The lowest BCUT2D eigenvalue weighted by Gasteiger charge is -2.14. The highest BCUT2D eigenvalue weighted by molar-refractivity contribution is 6.30. The van der Waals surface area contributed by atoms with E-state index in [1.165, 1.54) is 24.0 Å². The molecule has 0 bridgehead atoms. The van der Waals surface area contributed by atoms with Gasteiger partial charge in [0, 0.05) is 11.1 Å². The van der Waals surface area contributed by atoms with Crippen molar-refractivity contribution in [2.45, 2.75) is 32.2 Å². The predicted molar refractivity (Wildman–Crippen MR) is 60.5 cm³/mol. The fourth-order valence-corrected chi connectivity index (χ4v) is 2.03. The maximum Gasteiger partial charge on any atom is 0.0409 e. The number of hydrogen-bond donors (Lipinski definition) is 1. The Morgan fingerprint density at radius 2 is 2.21 bits per heavy atom. The summed E-state index contributed by atoms with van der Waals surface area (Å²) in [7, 11) is 0. The Balaban J connectivity index is 2.15. The molecule has 0 saturated heterocycles. The summed E-state index contributed by atoms with van der Waals surface area (Å²) in [6.45, 7) is 2.10. The van der Waals surface area contributed by atoms with Crippen LogP contribution in [0.1, 0.15) is 36.4 Å². The Morgan fingerprint density at radius 1 is 1.50 bits per heavy atom. The van der Waals surface area contributed by atoms with Gasteiger partial charge in [-0.25, -0.2) is 0 Å². The van der Waals surface area contributed by atoms with Crippen molar-refractivity contribution in [3.8, 4) is 0 Å². The summed E-state index contributed by atoms with van der Waals surface area (Å²) in [4.78, 5) is 0. The molecule has 0 heterocycles. The van der Waals surface area contributed by atoms with Gasteiger partial charge in [-0.05, 0) is 42.5 Å². The molecule has 1 fully saturated rings. The van der Waals surface area contributed by atoms with Gasteiger partial charge in [0.2, 0.25) is 0 Å². The Kier molecular flexibility index (Phi) is 2.80. The standard InChI is InChI=1S/C12H16ClN/c1-8-2-5-10(13)7-11(8)12(14)6-9-3-4-9/h2,5,7,9,12H,3-4,6,14H2,1H3. The molecule has 76 valence electrons. The molecule has 0 radical (unpaired) electrons. The summed E-state index contributed by atoms with van der Waals surface area (Å²) in [6, 6.07) is 6.14. The van der Waals surface area contributed by atoms with Gasteiger partial charge in [0.05, 0.1) is 0 Å². The summed E-state index contributed by atoms with van der Waals surface area (Å²) in [5, 5.41) is 0.789. The van der Waals surface area contributed by atoms with Gasteiger partial charge in [0.15, 0.2) is 0 Å². The van der Waals surface area contributed by atoms with Gasteiger partial charge in [0.1, 0.15) is 0 Å². The third-order valence-corrected chi connectivity index (χ3v) is 3.16. The molecule has 0 aromatic heterocycles. The van der Waals surface area contributed by atoms with E-state index in [-0.39, 0.29) is 6.04 Å². The molecular weight excluding hydrogens is 194 g/mol. The normalized spacial score (nSPS) is 18.2. The fourth-order valence-electron chi connectivity index (χ4n) is 1.85. The van der Waals surface area contributed by atoms with Crippen molar-refractivity contribution in [3.63, 3.8) is 0 Å². The lowest BCUT2D eigenvalue weighted by atomic mass is 9.98. The Morgan fingerprint density at radius 3 is 2.86 bits per heavy atom. The monoisotopic (exact) mass is 209 g/mol. The molecule has 2 heteroatoms. The molecule has 1 aliphatic carbocycles. The highest BCUT2D eigenvalue weighted by Gasteiger charge is 2.25. The fraction of sp³-hybridized carbons (Fsp3) is 0.500. The van der Waals surface area contributed by atoms with Gasteiger partial charge in [-0.1, -0.05) is 30.5 Å². The van der Waals surface area contributed by atoms with Crippen LogP contribution in [0.15, 0.2) is 18.2 Å². The van der Waals surface area contributed by atoms with Crippen LogP contribution < -0.4 is 5.73 Å². The van der Waals surface area contributed by atoms with Crippen molar-refractivity contribution in [3.05, 3.63) is 34.3 Å². The highest BCUT2D eigenvalue weighted by atomic mass is 35.5. The molecule has 2 N–H and O–H groups in total. The second-order valence-corrected chi connectivity index (χ2v) is 4.72. The predicted octanol–water partition coefficient (Wildman–Crippen LogP) is 3.45. The number of rotatable bonds is 3. The van der Waals surface area contributed by atoms with E-state index in [0.29, 0.717) is 0 Å². The van der Waals surface area contributed by atoms with E-state index in [9.17, 15) is 0 Å². The second-order valence-electron chi connectivity index (χ2n) is 4.29. The van der Waals surface area contributed by atoms with Gasteiger partial charge in [-0.15, -0.1) is 0 Å². The maximum atomic E-state index is 6.15. The molecule has 0 aliphatic heterocycles. The summed E-state index contributed by atoms with van der Waals surface area (Å²) in [6.07, 6.45) is 3.82. The minimum absolute atomic E-state index is 0.168. The molecule has 1 atom stereocenters. The molecule has 1 saturated carbocycles. The van der Waals surface area contributed by atoms with E-state index in [4.69, 9.17) is 17.3 Å². The zero-order valence-electron chi connectivity index (χ0n) is 8.46. The van der Waals surface area contributed by atoms with E-state index in [0.717, 1.165) is 17.4 Å². The van der Waals surface area contributed by atoms with Crippen LogP contribution in [0.3, 0.4) is 0 Å². The van der Waals surface area contributed by atoms with Crippen molar-refractivity contribution in [2.75, 3.05) is 0 Å². The van der Waals surface area contributed by atoms with Crippen LogP contribution in [-0.4, -0.2) is 0 Å². The summed E-state index contributed by atoms with van der Waals surface area (Å²) in [5.41, 5.74) is 8.61. The second kappa shape index (κ2) is 3.92. The number of nitrogens with two attached hydrogens (primary N) is 1. The van der Waals surface area contributed by atoms with Gasteiger partial charge >= 0.3 is 0 Å². The SMILES string of the molecule is Cc1ccc(Cl)cc1C(N)CC1CC1. The minimum Gasteiger partial charge on any atom is -0.324 e. The van der Waals surface area contributed by atoms with Crippen molar-refractivity contribution in [2.24, 2.45) is 11.7 Å². The Hall–Kier alpha value is -0.530. The van der Waals surface area contributed by atoms with Crippen LogP contribution in [-0.2, 0) is 0 Å². The third kappa shape index (κ3) is 2.28. The molecule has 14 heavy (non-hydrogen) atoms. The third-order valence-electron chi connectivity index (χ3n) is 2.92. The maximum absolute atomic E-state index is 6.15. The molecule has 2 rings (SSSR count). The molecule has 1 nitrogen and oxygen atoms in total. The van der Waals surface area contributed by atoms with Crippen molar-refractivity contribution >= 4 is 11.6 Å². The number of halogens is 1. The number of benzene rings is 1. The van der Waals surface area contributed by atoms with Crippen LogP contribution in [0.4, 0.5) is 0 Å². The Labute approximate surface area is 90.3 Å². The first-order valence-electron chi connectivity index (χ1n) is 5.18. The summed E-state index contributed by atoms with van der Waals surface area (Å²) >= 11 is 5.96. The van der Waals surface area contributed by atoms with Gasteiger partial charge in [0.25, 0.3) is 0 Å². The van der Waals surface area contributed by atoms with Gasteiger partial charge < -0.3 is 5.73 Å². The zero-order valence-corrected chi connectivity index (χ0v) is 9.22. The average molecular weight is 210 g/mol. The first-order chi connectivity index (χ1) is 6.66. The van der Waals surface area contributed by atoms with E-state index in [1.54, 1.807) is 0 Å². The quantitative estimate of drug-likeness (QED) is 0.811. The largest absolute Gasteiger partial charge is 0.324 e. The van der Waals surface area contributed by atoms with E-state index >= 15 is 0 Å². The molecule has 1 aromatic rings. The van der Waals surface area contributed by atoms with Crippen molar-refractivity contribution in [1.82, 2.24) is 0 Å². The number of aryl methyl sites for hydroxylation is 1. The van der Waals surface area contributed by atoms with Gasteiger partial charge in [-0.3, -0.25) is 0 Å². The van der Waals surface area contributed by atoms with Crippen LogP contribution in [0, 0.1) is 12.8 Å². The zero-order chi connectivity index (χ0) is 10.1. The lowest BCUT2D eigenvalue weighted by molar-refractivity contribution is 0.594. The molecule has 0 spiro atoms. The van der Waals surface area contributed by atoms with Gasteiger partial charge in [-0.2, -0.15) is 0 Å². The van der Waals surface area contributed by atoms with E-state index in [2.05, 4.69) is 6.92 Å². The molecule has 1 unspecified atom stereocenters. The van der Waals surface area contributed by atoms with Crippen LogP contribution in [0.5, 0.6) is 0 Å². The Bertz CT molecular complexity index is 331. The van der Waals surface area contributed by atoms with E-state index in [1.807, 2.05) is 18.2 Å². The van der Waals surface area contributed by atoms with Crippen LogP contribution in [0.2, 0.25) is 5.02 Å². The van der Waals surface area contributed by atoms with Crippen molar-refractivity contribution < 1.29 is 0 Å².